The highest BCUT2D eigenvalue weighted by atomic mass is 79.9. The fraction of sp³-hybridized carbons (Fsp3) is 0.692. The molecular formula is C13H21BrN4O. The molecule has 0 aliphatic heterocycles. The first-order valence-electron chi connectivity index (χ1n) is 6.80. The fourth-order valence-electron chi connectivity index (χ4n) is 2.06. The molecule has 6 heteroatoms. The third-order valence-electron chi connectivity index (χ3n) is 3.56. The van der Waals surface area contributed by atoms with E-state index in [4.69, 9.17) is 5.11 Å². The first-order valence-corrected chi connectivity index (χ1v) is 7.59. The molecule has 0 spiro atoms. The molecule has 0 aromatic carbocycles. The molecule has 2 rings (SSSR count). The van der Waals surface area contributed by atoms with Crippen LogP contribution in [0.4, 0.5) is 11.6 Å². The zero-order valence-electron chi connectivity index (χ0n) is 11.2. The van der Waals surface area contributed by atoms with Crippen molar-refractivity contribution in [3.05, 3.63) is 10.8 Å². The highest BCUT2D eigenvalue weighted by molar-refractivity contribution is 9.10. The predicted molar refractivity (Wildman–Crippen MR) is 80.4 cm³/mol. The molecule has 0 saturated heterocycles. The molecule has 1 aliphatic rings. The van der Waals surface area contributed by atoms with Crippen LogP contribution in [0.15, 0.2) is 10.8 Å². The van der Waals surface area contributed by atoms with Gasteiger partial charge in [-0.1, -0.05) is 6.92 Å². The maximum atomic E-state index is 9.06. The van der Waals surface area contributed by atoms with Crippen molar-refractivity contribution in [2.45, 2.75) is 32.6 Å². The van der Waals surface area contributed by atoms with Gasteiger partial charge >= 0.3 is 0 Å². The number of nitrogens with one attached hydrogen (secondary N) is 2. The largest absolute Gasteiger partial charge is 0.396 e. The summed E-state index contributed by atoms with van der Waals surface area (Å²) in [7, 11) is 0. The summed E-state index contributed by atoms with van der Waals surface area (Å²) in [5.41, 5.74) is 0.274. The van der Waals surface area contributed by atoms with Crippen LogP contribution in [0.1, 0.15) is 32.6 Å². The number of halogens is 1. The number of hydrogen-bond acceptors (Lipinski definition) is 5. The molecule has 0 bridgehead atoms. The Bertz CT molecular complexity index is 423. The molecule has 0 amide bonds. The van der Waals surface area contributed by atoms with Crippen LogP contribution in [-0.4, -0.2) is 34.8 Å². The molecule has 1 heterocycles. The standard InChI is InChI=1S/C13H21BrN4O/c1-2-6-15-11-10(14)12(18-9-17-11)16-8-13(3-4-13)5-7-19/h9,19H,2-8H2,1H3,(H2,15,16,17,18). The molecule has 0 radical (unpaired) electrons. The van der Waals surface area contributed by atoms with Gasteiger partial charge in [0.15, 0.2) is 0 Å². The van der Waals surface area contributed by atoms with Crippen LogP contribution >= 0.6 is 15.9 Å². The van der Waals surface area contributed by atoms with Crippen LogP contribution < -0.4 is 10.6 Å². The lowest BCUT2D eigenvalue weighted by atomic mass is 10.0. The molecular weight excluding hydrogens is 308 g/mol. The van der Waals surface area contributed by atoms with Crippen molar-refractivity contribution in [1.82, 2.24) is 9.97 Å². The van der Waals surface area contributed by atoms with Crippen molar-refractivity contribution in [1.29, 1.82) is 0 Å². The monoisotopic (exact) mass is 328 g/mol. The van der Waals surface area contributed by atoms with Gasteiger partial charge in [-0.2, -0.15) is 0 Å². The van der Waals surface area contributed by atoms with Crippen molar-refractivity contribution >= 4 is 27.6 Å². The third-order valence-corrected chi connectivity index (χ3v) is 4.31. The predicted octanol–water partition coefficient (Wildman–Crippen LogP) is 2.64. The lowest BCUT2D eigenvalue weighted by Crippen LogP contribution is -2.18. The Hall–Kier alpha value is -0.880. The number of aromatic nitrogens is 2. The number of rotatable bonds is 8. The molecule has 1 fully saturated rings. The van der Waals surface area contributed by atoms with Gasteiger partial charge in [-0.15, -0.1) is 0 Å². The minimum Gasteiger partial charge on any atom is -0.396 e. The van der Waals surface area contributed by atoms with Gasteiger partial charge in [-0.05, 0) is 47.0 Å². The summed E-state index contributed by atoms with van der Waals surface area (Å²) in [6.07, 6.45) is 5.85. The lowest BCUT2D eigenvalue weighted by Gasteiger charge is -2.16. The third kappa shape index (κ3) is 3.79. The van der Waals surface area contributed by atoms with Crippen LogP contribution in [-0.2, 0) is 0 Å². The number of nitrogens with zero attached hydrogens (tertiary/aromatic N) is 2. The molecule has 19 heavy (non-hydrogen) atoms. The molecule has 106 valence electrons. The van der Waals surface area contributed by atoms with E-state index >= 15 is 0 Å². The zero-order chi connectivity index (χ0) is 13.7. The zero-order valence-corrected chi connectivity index (χ0v) is 12.8. The highest BCUT2D eigenvalue weighted by Crippen LogP contribution is 2.48. The Kier molecular flexibility index (Phi) is 4.99. The molecule has 0 unspecified atom stereocenters. The quantitative estimate of drug-likeness (QED) is 0.684. The van der Waals surface area contributed by atoms with Gasteiger partial charge in [0, 0.05) is 19.7 Å². The summed E-state index contributed by atoms with van der Waals surface area (Å²) in [4.78, 5) is 8.49. The average molecular weight is 329 g/mol. The van der Waals surface area contributed by atoms with E-state index in [1.54, 1.807) is 6.33 Å². The number of anilines is 2. The molecule has 1 aliphatic carbocycles. The summed E-state index contributed by atoms with van der Waals surface area (Å²) in [5.74, 6) is 1.64. The van der Waals surface area contributed by atoms with Gasteiger partial charge < -0.3 is 15.7 Å². The van der Waals surface area contributed by atoms with Crippen molar-refractivity contribution in [2.75, 3.05) is 30.3 Å². The van der Waals surface area contributed by atoms with E-state index in [1.165, 1.54) is 12.8 Å². The second kappa shape index (κ2) is 6.52. The molecule has 5 nitrogen and oxygen atoms in total. The van der Waals surface area contributed by atoms with E-state index in [0.29, 0.717) is 0 Å². The van der Waals surface area contributed by atoms with Crippen molar-refractivity contribution in [3.8, 4) is 0 Å². The first-order chi connectivity index (χ1) is 9.21. The smallest absolute Gasteiger partial charge is 0.145 e. The van der Waals surface area contributed by atoms with E-state index < -0.39 is 0 Å². The first kappa shape index (κ1) is 14.5. The molecule has 1 aromatic rings. The summed E-state index contributed by atoms with van der Waals surface area (Å²) in [5, 5.41) is 15.7. The van der Waals surface area contributed by atoms with Gasteiger partial charge in [0.1, 0.15) is 22.4 Å². The highest BCUT2D eigenvalue weighted by Gasteiger charge is 2.41. The van der Waals surface area contributed by atoms with Crippen molar-refractivity contribution in [2.24, 2.45) is 5.41 Å². The van der Waals surface area contributed by atoms with Gasteiger partial charge in [0.25, 0.3) is 0 Å². The Balaban J connectivity index is 1.96. The second-order valence-corrected chi connectivity index (χ2v) is 5.93. The summed E-state index contributed by atoms with van der Waals surface area (Å²) in [6, 6.07) is 0. The number of aliphatic hydroxyl groups is 1. The van der Waals surface area contributed by atoms with Crippen molar-refractivity contribution < 1.29 is 5.11 Å². The van der Waals surface area contributed by atoms with Crippen molar-refractivity contribution in [3.63, 3.8) is 0 Å². The summed E-state index contributed by atoms with van der Waals surface area (Å²) in [6.45, 7) is 4.13. The van der Waals surface area contributed by atoms with E-state index in [9.17, 15) is 0 Å². The molecule has 0 atom stereocenters. The molecule has 1 aromatic heterocycles. The maximum Gasteiger partial charge on any atom is 0.145 e. The molecule has 1 saturated carbocycles. The fourth-order valence-corrected chi connectivity index (χ4v) is 2.55. The normalized spacial score (nSPS) is 16.2. The van der Waals surface area contributed by atoms with Gasteiger partial charge in [0.2, 0.25) is 0 Å². The Morgan fingerprint density at radius 2 is 2.00 bits per heavy atom. The van der Waals surface area contributed by atoms with E-state index in [-0.39, 0.29) is 12.0 Å². The van der Waals surface area contributed by atoms with Gasteiger partial charge in [0.05, 0.1) is 0 Å². The number of hydrogen-bond donors (Lipinski definition) is 3. The van der Waals surface area contributed by atoms with Gasteiger partial charge in [-0.25, -0.2) is 9.97 Å². The Morgan fingerprint density at radius 1 is 1.32 bits per heavy atom. The van der Waals surface area contributed by atoms with E-state index in [2.05, 4.69) is 43.5 Å². The minimum atomic E-state index is 0.260. The van der Waals surface area contributed by atoms with E-state index in [1.807, 2.05) is 0 Å². The summed E-state index contributed by atoms with van der Waals surface area (Å²) >= 11 is 3.54. The van der Waals surface area contributed by atoms with Crippen LogP contribution in [0.25, 0.3) is 0 Å². The average Bonchev–Trinajstić information content (AvgIpc) is 3.17. The topological polar surface area (TPSA) is 70.1 Å². The van der Waals surface area contributed by atoms with Gasteiger partial charge in [-0.3, -0.25) is 0 Å². The SMILES string of the molecule is CCCNc1ncnc(NCC2(CCO)CC2)c1Br. The van der Waals surface area contributed by atoms with Crippen LogP contribution in [0, 0.1) is 5.41 Å². The second-order valence-electron chi connectivity index (χ2n) is 5.14. The lowest BCUT2D eigenvalue weighted by molar-refractivity contribution is 0.253. The summed E-state index contributed by atoms with van der Waals surface area (Å²) < 4.78 is 0.878. The van der Waals surface area contributed by atoms with Crippen LogP contribution in [0.3, 0.4) is 0 Å². The van der Waals surface area contributed by atoms with Crippen LogP contribution in [0.2, 0.25) is 0 Å². The minimum absolute atomic E-state index is 0.260. The Labute approximate surface area is 122 Å². The Morgan fingerprint density at radius 3 is 2.58 bits per heavy atom. The van der Waals surface area contributed by atoms with Crippen LogP contribution in [0.5, 0.6) is 0 Å². The van der Waals surface area contributed by atoms with E-state index in [0.717, 1.165) is 42.0 Å². The maximum absolute atomic E-state index is 9.06. The molecule has 3 N–H and O–H groups in total. The number of aliphatic hydroxyl groups excluding tert-OH is 1.